The molecule has 194 valence electrons. The normalized spacial score (nSPS) is 14.4. The molecule has 3 aromatic rings. The average Bonchev–Trinajstić information content (AvgIpc) is 2.90. The van der Waals surface area contributed by atoms with E-state index in [0.717, 1.165) is 30.4 Å². The van der Waals surface area contributed by atoms with Crippen LogP contribution in [0.2, 0.25) is 5.02 Å². The minimum atomic E-state index is -0.0788. The molecule has 0 radical (unpaired) electrons. The van der Waals surface area contributed by atoms with Crippen molar-refractivity contribution in [2.24, 2.45) is 5.92 Å². The van der Waals surface area contributed by atoms with Gasteiger partial charge in [0.05, 0.1) is 0 Å². The lowest BCUT2D eigenvalue weighted by molar-refractivity contribution is -0.125. The Hall–Kier alpha value is -3.65. The number of aryl methyl sites for hydroxylation is 1. The molecule has 1 unspecified atom stereocenters. The molecule has 0 aliphatic heterocycles. The number of halogens is 1. The zero-order valence-electron chi connectivity index (χ0n) is 21.2. The Morgan fingerprint density at radius 2 is 1.51 bits per heavy atom. The number of nitrogens with one attached hydrogen (secondary N) is 4. The van der Waals surface area contributed by atoms with Crippen molar-refractivity contribution in [3.8, 4) is 11.4 Å². The minimum absolute atomic E-state index is 0.00612. The van der Waals surface area contributed by atoms with Crippen molar-refractivity contribution >= 4 is 35.1 Å². The standard InChI is InChI=1S/C28H33ClN6O2/c1-18-25(31-14-13-30-19(2)36)34-27(21-9-11-24(29)12-10-21)35-26(18)32-15-16-33-28(37)23-8-7-20-5-3-4-6-22(20)17-23/h3-6,9-12,23H,7-8,13-17H2,1-2H3,(H,30,36)(H,33,37)(H2,31,32,34,35). The van der Waals surface area contributed by atoms with Crippen molar-refractivity contribution in [3.63, 3.8) is 0 Å². The Bertz CT molecular complexity index is 1250. The fourth-order valence-electron chi connectivity index (χ4n) is 4.44. The fourth-order valence-corrected chi connectivity index (χ4v) is 4.57. The van der Waals surface area contributed by atoms with E-state index in [0.29, 0.717) is 48.7 Å². The van der Waals surface area contributed by atoms with Crippen molar-refractivity contribution in [1.29, 1.82) is 0 Å². The van der Waals surface area contributed by atoms with E-state index in [-0.39, 0.29) is 17.7 Å². The number of hydrogen-bond donors (Lipinski definition) is 4. The third-order valence-corrected chi connectivity index (χ3v) is 6.73. The van der Waals surface area contributed by atoms with E-state index in [9.17, 15) is 9.59 Å². The van der Waals surface area contributed by atoms with E-state index >= 15 is 0 Å². The first-order chi connectivity index (χ1) is 17.9. The summed E-state index contributed by atoms with van der Waals surface area (Å²) >= 11 is 6.05. The smallest absolute Gasteiger partial charge is 0.223 e. The molecule has 1 aliphatic rings. The highest BCUT2D eigenvalue weighted by atomic mass is 35.5. The van der Waals surface area contributed by atoms with Gasteiger partial charge < -0.3 is 21.3 Å². The summed E-state index contributed by atoms with van der Waals surface area (Å²) in [6.45, 7) is 5.45. The van der Waals surface area contributed by atoms with E-state index in [1.807, 2.05) is 25.1 Å². The summed E-state index contributed by atoms with van der Waals surface area (Å²) < 4.78 is 0. The second kappa shape index (κ2) is 12.5. The van der Waals surface area contributed by atoms with Crippen LogP contribution < -0.4 is 21.3 Å². The van der Waals surface area contributed by atoms with E-state index < -0.39 is 0 Å². The maximum atomic E-state index is 12.8. The summed E-state index contributed by atoms with van der Waals surface area (Å²) in [6, 6.07) is 15.7. The highest BCUT2D eigenvalue weighted by Gasteiger charge is 2.24. The Kier molecular flexibility index (Phi) is 8.95. The molecule has 0 fully saturated rings. The summed E-state index contributed by atoms with van der Waals surface area (Å²) in [5, 5.41) is 13.1. The van der Waals surface area contributed by atoms with Crippen molar-refractivity contribution in [2.75, 3.05) is 36.8 Å². The second-order valence-electron chi connectivity index (χ2n) is 9.21. The van der Waals surface area contributed by atoms with Crippen LogP contribution in [0.1, 0.15) is 30.0 Å². The van der Waals surface area contributed by atoms with Crippen molar-refractivity contribution in [1.82, 2.24) is 20.6 Å². The third kappa shape index (κ3) is 7.20. The number of rotatable bonds is 10. The summed E-state index contributed by atoms with van der Waals surface area (Å²) in [7, 11) is 0. The highest BCUT2D eigenvalue weighted by molar-refractivity contribution is 6.30. The molecule has 4 rings (SSSR count). The molecule has 8 nitrogen and oxygen atoms in total. The first-order valence-electron chi connectivity index (χ1n) is 12.6. The number of amides is 2. The Morgan fingerprint density at radius 3 is 2.16 bits per heavy atom. The third-order valence-electron chi connectivity index (χ3n) is 6.47. The molecule has 0 saturated heterocycles. The van der Waals surface area contributed by atoms with E-state index in [1.165, 1.54) is 18.1 Å². The number of benzene rings is 2. The summed E-state index contributed by atoms with van der Waals surface area (Å²) in [5.74, 6) is 1.94. The van der Waals surface area contributed by atoms with Crippen molar-refractivity contribution in [3.05, 3.63) is 70.2 Å². The maximum absolute atomic E-state index is 12.8. The van der Waals surface area contributed by atoms with E-state index in [1.54, 1.807) is 12.1 Å². The number of fused-ring (bicyclic) bond motifs is 1. The zero-order chi connectivity index (χ0) is 26.2. The maximum Gasteiger partial charge on any atom is 0.223 e. The van der Waals surface area contributed by atoms with Crippen LogP contribution >= 0.6 is 11.6 Å². The number of nitrogens with zero attached hydrogens (tertiary/aromatic N) is 2. The van der Waals surface area contributed by atoms with Crippen LogP contribution in [0.25, 0.3) is 11.4 Å². The van der Waals surface area contributed by atoms with Crippen molar-refractivity contribution in [2.45, 2.75) is 33.1 Å². The molecule has 1 heterocycles. The largest absolute Gasteiger partial charge is 0.368 e. The minimum Gasteiger partial charge on any atom is -0.368 e. The molecular formula is C28H33ClN6O2. The fraction of sp³-hybridized carbons (Fsp3) is 0.357. The summed E-state index contributed by atoms with van der Waals surface area (Å²) in [6.07, 6.45) is 2.61. The topological polar surface area (TPSA) is 108 Å². The second-order valence-corrected chi connectivity index (χ2v) is 9.65. The molecule has 9 heteroatoms. The van der Waals surface area contributed by atoms with Crippen LogP contribution in [-0.4, -0.2) is 48.0 Å². The molecular weight excluding hydrogens is 488 g/mol. The van der Waals surface area contributed by atoms with Crippen LogP contribution in [0.4, 0.5) is 11.6 Å². The average molecular weight is 521 g/mol. The summed E-state index contributed by atoms with van der Waals surface area (Å²) in [5.41, 5.74) is 4.32. The SMILES string of the molecule is CC(=O)NCCNc1nc(-c2ccc(Cl)cc2)nc(NCCNC(=O)C2CCc3ccccc3C2)c1C. The van der Waals surface area contributed by atoms with Gasteiger partial charge in [-0.15, -0.1) is 0 Å². The number of carbonyl (C=O) groups excluding carboxylic acids is 2. The van der Waals surface area contributed by atoms with Gasteiger partial charge >= 0.3 is 0 Å². The van der Waals surface area contributed by atoms with Gasteiger partial charge in [0.1, 0.15) is 11.6 Å². The van der Waals surface area contributed by atoms with Gasteiger partial charge in [-0.2, -0.15) is 0 Å². The molecule has 1 atom stereocenters. The highest BCUT2D eigenvalue weighted by Crippen LogP contribution is 2.27. The molecule has 0 bridgehead atoms. The van der Waals surface area contributed by atoms with Crippen LogP contribution in [0.3, 0.4) is 0 Å². The lowest BCUT2D eigenvalue weighted by Crippen LogP contribution is -2.36. The Labute approximate surface area is 222 Å². The van der Waals surface area contributed by atoms with Crippen molar-refractivity contribution < 1.29 is 9.59 Å². The summed E-state index contributed by atoms with van der Waals surface area (Å²) in [4.78, 5) is 33.4. The lowest BCUT2D eigenvalue weighted by Gasteiger charge is -2.24. The molecule has 4 N–H and O–H groups in total. The first-order valence-corrected chi connectivity index (χ1v) is 13.0. The lowest BCUT2D eigenvalue weighted by atomic mass is 9.83. The zero-order valence-corrected chi connectivity index (χ0v) is 22.0. The number of anilines is 2. The number of carbonyl (C=O) groups is 2. The van der Waals surface area contributed by atoms with Gasteiger partial charge in [0.25, 0.3) is 0 Å². The number of aromatic nitrogens is 2. The Morgan fingerprint density at radius 1 is 0.892 bits per heavy atom. The van der Waals surface area contributed by atoms with Gasteiger partial charge in [-0.3, -0.25) is 9.59 Å². The predicted molar refractivity (Wildman–Crippen MR) is 148 cm³/mol. The van der Waals surface area contributed by atoms with Crippen LogP contribution in [0.5, 0.6) is 0 Å². The van der Waals surface area contributed by atoms with Crippen LogP contribution in [0.15, 0.2) is 48.5 Å². The van der Waals surface area contributed by atoms with Gasteiger partial charge in [0.2, 0.25) is 11.8 Å². The van der Waals surface area contributed by atoms with Gasteiger partial charge in [-0.05, 0) is 61.6 Å². The van der Waals surface area contributed by atoms with Gasteiger partial charge in [-0.25, -0.2) is 9.97 Å². The molecule has 0 saturated carbocycles. The number of hydrogen-bond acceptors (Lipinski definition) is 6. The monoisotopic (exact) mass is 520 g/mol. The Balaban J connectivity index is 1.38. The van der Waals surface area contributed by atoms with Gasteiger partial charge in [0.15, 0.2) is 5.82 Å². The van der Waals surface area contributed by atoms with Crippen LogP contribution in [-0.2, 0) is 22.4 Å². The molecule has 37 heavy (non-hydrogen) atoms. The van der Waals surface area contributed by atoms with E-state index in [4.69, 9.17) is 21.6 Å². The molecule has 2 aromatic carbocycles. The van der Waals surface area contributed by atoms with Gasteiger partial charge in [0, 0.05) is 55.2 Å². The first kappa shape index (κ1) is 26.4. The molecule has 2 amide bonds. The molecule has 1 aliphatic carbocycles. The quantitative estimate of drug-likeness (QED) is 0.301. The van der Waals surface area contributed by atoms with Crippen LogP contribution in [0, 0.1) is 12.8 Å². The molecule has 1 aromatic heterocycles. The predicted octanol–water partition coefficient (Wildman–Crippen LogP) is 3.99. The van der Waals surface area contributed by atoms with E-state index in [2.05, 4.69) is 39.5 Å². The molecule has 0 spiro atoms. The van der Waals surface area contributed by atoms with Gasteiger partial charge in [-0.1, -0.05) is 35.9 Å².